The molecule has 3 N–H and O–H groups in total. The molecule has 2 heterocycles. The average molecular weight is 235 g/mol. The number of halogens is 3. The lowest BCUT2D eigenvalue weighted by Crippen LogP contribution is -2.39. The summed E-state index contributed by atoms with van der Waals surface area (Å²) in [5.41, 5.74) is 5.35. The van der Waals surface area contributed by atoms with E-state index in [1.54, 1.807) is 4.90 Å². The Bertz CT molecular complexity index is 353. The minimum absolute atomic E-state index is 0.0813. The summed E-state index contributed by atoms with van der Waals surface area (Å²) in [5.74, 6) is -0.661. The molecular formula is C8H12F3N5. The lowest BCUT2D eigenvalue weighted by Gasteiger charge is -2.32. The van der Waals surface area contributed by atoms with E-state index in [1.165, 1.54) is 0 Å². The van der Waals surface area contributed by atoms with Crippen molar-refractivity contribution in [3.8, 4) is 0 Å². The Labute approximate surface area is 89.8 Å². The van der Waals surface area contributed by atoms with E-state index in [4.69, 9.17) is 5.73 Å². The lowest BCUT2D eigenvalue weighted by atomic mass is 9.96. The van der Waals surface area contributed by atoms with Crippen molar-refractivity contribution in [3.05, 3.63) is 0 Å². The highest BCUT2D eigenvalue weighted by Crippen LogP contribution is 2.34. The van der Waals surface area contributed by atoms with Crippen LogP contribution in [0, 0.1) is 5.92 Å². The molecule has 2 rings (SSSR count). The standard InChI is InChI=1S/C8H12F3N5/c9-8(10,11)5-1-3-16(4-2-5)7-13-6(12)14-15-7/h5H,1-4H2,(H3,12,13,14,15). The van der Waals surface area contributed by atoms with Crippen molar-refractivity contribution < 1.29 is 13.2 Å². The molecule has 0 bridgehead atoms. The van der Waals surface area contributed by atoms with Crippen molar-refractivity contribution in [1.82, 2.24) is 15.2 Å². The number of nitrogen functional groups attached to an aromatic ring is 1. The first-order valence-electron chi connectivity index (χ1n) is 4.96. The van der Waals surface area contributed by atoms with E-state index in [0.29, 0.717) is 19.0 Å². The number of nitrogens with two attached hydrogens (primary N) is 1. The molecule has 1 aromatic rings. The molecule has 0 saturated carbocycles. The zero-order valence-corrected chi connectivity index (χ0v) is 8.46. The summed E-state index contributed by atoms with van der Waals surface area (Å²) in [7, 11) is 0. The number of nitrogens with one attached hydrogen (secondary N) is 1. The van der Waals surface area contributed by atoms with Crippen LogP contribution in [0.3, 0.4) is 0 Å². The Balaban J connectivity index is 1.95. The number of piperidine rings is 1. The predicted molar refractivity (Wildman–Crippen MR) is 51.8 cm³/mol. The molecule has 0 spiro atoms. The van der Waals surface area contributed by atoms with Crippen molar-refractivity contribution in [1.29, 1.82) is 0 Å². The van der Waals surface area contributed by atoms with Crippen LogP contribution in [-0.2, 0) is 0 Å². The molecule has 1 aliphatic rings. The second-order valence-electron chi connectivity index (χ2n) is 3.82. The summed E-state index contributed by atoms with van der Waals surface area (Å²) in [6.45, 7) is 0.614. The number of alkyl halides is 3. The van der Waals surface area contributed by atoms with Crippen LogP contribution in [-0.4, -0.2) is 34.4 Å². The van der Waals surface area contributed by atoms with Crippen molar-refractivity contribution in [2.75, 3.05) is 23.7 Å². The Morgan fingerprint density at radius 3 is 2.38 bits per heavy atom. The van der Waals surface area contributed by atoms with Gasteiger partial charge in [0.2, 0.25) is 11.9 Å². The van der Waals surface area contributed by atoms with Crippen molar-refractivity contribution in [2.24, 2.45) is 5.92 Å². The van der Waals surface area contributed by atoms with E-state index in [0.717, 1.165) is 0 Å². The molecule has 0 radical (unpaired) electrons. The first-order valence-corrected chi connectivity index (χ1v) is 4.96. The third kappa shape index (κ3) is 2.20. The quantitative estimate of drug-likeness (QED) is 0.766. The third-order valence-electron chi connectivity index (χ3n) is 2.73. The highest BCUT2D eigenvalue weighted by molar-refractivity contribution is 5.34. The van der Waals surface area contributed by atoms with Gasteiger partial charge in [-0.1, -0.05) is 0 Å². The molecular weight excluding hydrogens is 223 g/mol. The zero-order chi connectivity index (χ0) is 11.8. The van der Waals surface area contributed by atoms with Gasteiger partial charge in [-0.3, -0.25) is 0 Å². The molecule has 0 aliphatic carbocycles. The van der Waals surface area contributed by atoms with Gasteiger partial charge < -0.3 is 10.6 Å². The summed E-state index contributed by atoms with van der Waals surface area (Å²) < 4.78 is 37.2. The number of aromatic nitrogens is 3. The number of H-pyrrole nitrogens is 1. The topological polar surface area (TPSA) is 70.8 Å². The number of hydrogen-bond acceptors (Lipinski definition) is 4. The van der Waals surface area contributed by atoms with E-state index >= 15 is 0 Å². The molecule has 16 heavy (non-hydrogen) atoms. The molecule has 1 saturated heterocycles. The van der Waals surface area contributed by atoms with Crippen LogP contribution < -0.4 is 10.6 Å². The van der Waals surface area contributed by atoms with Crippen LogP contribution in [0.25, 0.3) is 0 Å². The highest BCUT2D eigenvalue weighted by Gasteiger charge is 2.41. The van der Waals surface area contributed by atoms with Gasteiger partial charge in [0.15, 0.2) is 0 Å². The molecule has 0 atom stereocenters. The minimum Gasteiger partial charge on any atom is -0.368 e. The van der Waals surface area contributed by atoms with Gasteiger partial charge in [-0.25, -0.2) is 5.10 Å². The molecule has 1 aromatic heterocycles. The maximum absolute atomic E-state index is 12.4. The van der Waals surface area contributed by atoms with Crippen LogP contribution in [0.4, 0.5) is 25.1 Å². The summed E-state index contributed by atoms with van der Waals surface area (Å²) in [6, 6.07) is 0. The zero-order valence-electron chi connectivity index (χ0n) is 8.46. The minimum atomic E-state index is -4.09. The van der Waals surface area contributed by atoms with E-state index in [1.807, 2.05) is 0 Å². The summed E-state index contributed by atoms with van der Waals surface area (Å²) >= 11 is 0. The van der Waals surface area contributed by atoms with Crippen LogP contribution in [0.15, 0.2) is 0 Å². The molecule has 1 aliphatic heterocycles. The summed E-state index contributed by atoms with van der Waals surface area (Å²) in [5, 5.41) is 6.27. The number of aromatic amines is 1. The van der Waals surface area contributed by atoms with E-state index in [9.17, 15) is 13.2 Å². The number of anilines is 2. The highest BCUT2D eigenvalue weighted by atomic mass is 19.4. The van der Waals surface area contributed by atoms with E-state index < -0.39 is 12.1 Å². The monoisotopic (exact) mass is 235 g/mol. The third-order valence-corrected chi connectivity index (χ3v) is 2.73. The number of rotatable bonds is 1. The van der Waals surface area contributed by atoms with Gasteiger partial charge in [0, 0.05) is 13.1 Å². The molecule has 0 unspecified atom stereocenters. The van der Waals surface area contributed by atoms with Gasteiger partial charge in [-0.05, 0) is 12.8 Å². The van der Waals surface area contributed by atoms with Crippen LogP contribution in [0.1, 0.15) is 12.8 Å². The Morgan fingerprint density at radius 1 is 1.31 bits per heavy atom. The van der Waals surface area contributed by atoms with Crippen molar-refractivity contribution in [3.63, 3.8) is 0 Å². The maximum atomic E-state index is 12.4. The smallest absolute Gasteiger partial charge is 0.368 e. The van der Waals surface area contributed by atoms with Crippen molar-refractivity contribution in [2.45, 2.75) is 19.0 Å². The fraction of sp³-hybridized carbons (Fsp3) is 0.750. The first-order chi connectivity index (χ1) is 7.47. The Hall–Kier alpha value is -1.47. The first kappa shape index (κ1) is 11.0. The lowest BCUT2D eigenvalue weighted by molar-refractivity contribution is -0.179. The number of nitrogens with zero attached hydrogens (tertiary/aromatic N) is 3. The van der Waals surface area contributed by atoms with Gasteiger partial charge in [0.25, 0.3) is 0 Å². The SMILES string of the molecule is Nc1nc(N2CCC(C(F)(F)F)CC2)n[nH]1. The van der Waals surface area contributed by atoms with Crippen LogP contribution >= 0.6 is 0 Å². The van der Waals surface area contributed by atoms with Gasteiger partial charge in [0.1, 0.15) is 0 Å². The van der Waals surface area contributed by atoms with Crippen LogP contribution in [0.2, 0.25) is 0 Å². The summed E-state index contributed by atoms with van der Waals surface area (Å²) in [6.07, 6.45) is -3.93. The maximum Gasteiger partial charge on any atom is 0.391 e. The molecule has 1 fully saturated rings. The fourth-order valence-electron chi connectivity index (χ4n) is 1.81. The molecule has 0 amide bonds. The number of hydrogen-bond donors (Lipinski definition) is 2. The van der Waals surface area contributed by atoms with E-state index in [-0.39, 0.29) is 18.8 Å². The second-order valence-corrected chi connectivity index (χ2v) is 3.82. The van der Waals surface area contributed by atoms with Gasteiger partial charge in [-0.15, -0.1) is 5.10 Å². The molecule has 8 heteroatoms. The average Bonchev–Trinajstić information content (AvgIpc) is 2.64. The Kier molecular flexibility index (Phi) is 2.64. The fourth-order valence-corrected chi connectivity index (χ4v) is 1.81. The van der Waals surface area contributed by atoms with Gasteiger partial charge in [0.05, 0.1) is 5.92 Å². The van der Waals surface area contributed by atoms with Gasteiger partial charge in [-0.2, -0.15) is 18.2 Å². The molecule has 90 valence electrons. The van der Waals surface area contributed by atoms with E-state index in [2.05, 4.69) is 15.2 Å². The molecule has 0 aromatic carbocycles. The van der Waals surface area contributed by atoms with Crippen LogP contribution in [0.5, 0.6) is 0 Å². The Morgan fingerprint density at radius 2 is 1.94 bits per heavy atom. The largest absolute Gasteiger partial charge is 0.391 e. The second kappa shape index (κ2) is 3.84. The predicted octanol–water partition coefficient (Wildman–Crippen LogP) is 1.17. The van der Waals surface area contributed by atoms with Crippen molar-refractivity contribution >= 4 is 11.9 Å². The van der Waals surface area contributed by atoms with Gasteiger partial charge >= 0.3 is 6.18 Å². The summed E-state index contributed by atoms with van der Waals surface area (Å²) in [4.78, 5) is 5.58. The molecule has 5 nitrogen and oxygen atoms in total. The normalized spacial score (nSPS) is 19.1.